The van der Waals surface area contributed by atoms with Gasteiger partial charge in [0.05, 0.1) is 31.6 Å². The summed E-state index contributed by atoms with van der Waals surface area (Å²) in [6.07, 6.45) is 1.66. The second-order valence-corrected chi connectivity index (χ2v) is 7.00. The van der Waals surface area contributed by atoms with Crippen LogP contribution in [0.3, 0.4) is 0 Å². The van der Waals surface area contributed by atoms with Crippen LogP contribution >= 0.6 is 11.3 Å². The highest BCUT2D eigenvalue weighted by Gasteiger charge is 2.25. The number of nitrogens with two attached hydrogens (primary N) is 1. The number of nitrogens with zero attached hydrogens (tertiary/aromatic N) is 3. The summed E-state index contributed by atoms with van der Waals surface area (Å²) in [5.74, 6) is 7.06. The largest absolute Gasteiger partial charge is 0.493 e. The van der Waals surface area contributed by atoms with E-state index in [1.807, 2.05) is 17.5 Å². The average Bonchev–Trinajstić information content (AvgIpc) is 3.30. The number of rotatable bonds is 7. The van der Waals surface area contributed by atoms with E-state index in [0.717, 1.165) is 16.0 Å². The Morgan fingerprint density at radius 1 is 1.17 bits per heavy atom. The van der Waals surface area contributed by atoms with Crippen LogP contribution < -0.4 is 25.1 Å². The first-order valence-electron chi connectivity index (χ1n) is 8.72. The van der Waals surface area contributed by atoms with Crippen LogP contribution in [0.1, 0.15) is 6.92 Å². The lowest BCUT2D eigenvalue weighted by atomic mass is 10.1. The summed E-state index contributed by atoms with van der Waals surface area (Å²) in [5, 5.41) is 3.18. The number of methoxy groups -OCH3 is 3. The summed E-state index contributed by atoms with van der Waals surface area (Å²) in [6, 6.07) is 5.33. The summed E-state index contributed by atoms with van der Waals surface area (Å²) in [4.78, 5) is 33.4. The molecule has 0 radical (unpaired) electrons. The molecule has 0 bridgehead atoms. The molecular weight excluding hydrogens is 408 g/mol. The Labute approximate surface area is 176 Å². The van der Waals surface area contributed by atoms with E-state index < -0.39 is 5.91 Å². The number of aromatic nitrogens is 2. The van der Waals surface area contributed by atoms with Gasteiger partial charge in [-0.3, -0.25) is 9.59 Å². The number of benzene rings is 1. The highest BCUT2D eigenvalue weighted by molar-refractivity contribution is 7.13. The molecule has 3 rings (SSSR count). The van der Waals surface area contributed by atoms with Crippen molar-refractivity contribution in [2.24, 2.45) is 5.84 Å². The van der Waals surface area contributed by atoms with Crippen molar-refractivity contribution >= 4 is 40.3 Å². The number of thiophene rings is 1. The smallest absolute Gasteiger partial charge is 0.269 e. The molecule has 10 heteroatoms. The number of hydrogen-bond acceptors (Lipinski definition) is 9. The minimum absolute atomic E-state index is 0.131. The molecule has 1 amide bonds. The van der Waals surface area contributed by atoms with Crippen molar-refractivity contribution in [2.75, 3.05) is 26.3 Å². The van der Waals surface area contributed by atoms with E-state index in [0.29, 0.717) is 40.3 Å². The first-order chi connectivity index (χ1) is 14.5. The maximum Gasteiger partial charge on any atom is 0.269 e. The number of amides is 1. The van der Waals surface area contributed by atoms with Crippen molar-refractivity contribution in [3.05, 3.63) is 35.2 Å². The molecule has 30 heavy (non-hydrogen) atoms. The lowest BCUT2D eigenvalue weighted by Gasteiger charge is -2.21. The number of hydrogen-bond donors (Lipinski definition) is 1. The van der Waals surface area contributed by atoms with Crippen molar-refractivity contribution in [1.29, 1.82) is 0 Å². The van der Waals surface area contributed by atoms with E-state index in [9.17, 15) is 9.59 Å². The van der Waals surface area contributed by atoms with Gasteiger partial charge in [0, 0.05) is 5.57 Å². The first kappa shape index (κ1) is 21.2. The van der Waals surface area contributed by atoms with Crippen LogP contribution in [0.5, 0.6) is 17.2 Å². The standard InChI is InChI=1S/C20H20N4O5S/c1-11(7-8-25)20(26)24(21)19-12-10-13(27-2)16(28-3)17(29-4)15(12)22-18(23-19)14-6-5-9-30-14/h5-10H,21H2,1-4H3/b11-7-. The minimum Gasteiger partial charge on any atom is -0.493 e. The molecule has 156 valence electrons. The van der Waals surface area contributed by atoms with Crippen LogP contribution in [0.4, 0.5) is 5.82 Å². The Hall–Kier alpha value is -3.50. The van der Waals surface area contributed by atoms with Gasteiger partial charge in [-0.1, -0.05) is 6.07 Å². The van der Waals surface area contributed by atoms with E-state index in [1.54, 1.807) is 6.07 Å². The molecule has 0 aliphatic rings. The van der Waals surface area contributed by atoms with Gasteiger partial charge in [-0.25, -0.2) is 20.8 Å². The normalized spacial score (nSPS) is 11.3. The predicted octanol–water partition coefficient (Wildman–Crippen LogP) is 2.74. The average molecular weight is 428 g/mol. The van der Waals surface area contributed by atoms with E-state index >= 15 is 0 Å². The summed E-state index contributed by atoms with van der Waals surface area (Å²) in [6.45, 7) is 1.49. The van der Waals surface area contributed by atoms with Crippen LogP contribution in [0.15, 0.2) is 35.2 Å². The Balaban J connectivity index is 2.37. The van der Waals surface area contributed by atoms with Gasteiger partial charge in [-0.15, -0.1) is 11.3 Å². The molecule has 2 aromatic heterocycles. The molecule has 2 heterocycles. The predicted molar refractivity (Wildman–Crippen MR) is 114 cm³/mol. The molecule has 9 nitrogen and oxygen atoms in total. The number of ether oxygens (including phenoxy) is 3. The zero-order valence-electron chi connectivity index (χ0n) is 16.8. The molecule has 0 aliphatic heterocycles. The van der Waals surface area contributed by atoms with Crippen LogP contribution in [0, 0.1) is 0 Å². The van der Waals surface area contributed by atoms with E-state index in [1.165, 1.54) is 39.6 Å². The van der Waals surface area contributed by atoms with Gasteiger partial charge in [0.2, 0.25) is 5.75 Å². The van der Waals surface area contributed by atoms with Crippen molar-refractivity contribution in [1.82, 2.24) is 9.97 Å². The monoisotopic (exact) mass is 428 g/mol. The third kappa shape index (κ3) is 3.70. The summed E-state index contributed by atoms with van der Waals surface area (Å²) >= 11 is 1.44. The number of hydrazine groups is 1. The highest BCUT2D eigenvalue weighted by atomic mass is 32.1. The Morgan fingerprint density at radius 2 is 1.90 bits per heavy atom. The van der Waals surface area contributed by atoms with Crippen molar-refractivity contribution in [3.63, 3.8) is 0 Å². The Morgan fingerprint density at radius 3 is 2.47 bits per heavy atom. The SMILES string of the molecule is COc1cc2c(N(N)C(=O)/C(C)=C\C=O)nc(-c3cccs3)nc2c(OC)c1OC. The topological polar surface area (TPSA) is 117 Å². The molecule has 0 atom stereocenters. The Bertz CT molecular complexity index is 1130. The fourth-order valence-electron chi connectivity index (χ4n) is 2.87. The summed E-state index contributed by atoms with van der Waals surface area (Å²) < 4.78 is 16.4. The first-order valence-corrected chi connectivity index (χ1v) is 9.60. The molecule has 0 fully saturated rings. The van der Waals surface area contributed by atoms with Crippen LogP contribution in [-0.4, -0.2) is 43.5 Å². The van der Waals surface area contributed by atoms with E-state index in [4.69, 9.17) is 20.1 Å². The fraction of sp³-hybridized carbons (Fsp3) is 0.200. The van der Waals surface area contributed by atoms with Crippen molar-refractivity contribution < 1.29 is 23.8 Å². The molecule has 3 aromatic rings. The number of fused-ring (bicyclic) bond motifs is 1. The minimum atomic E-state index is -0.590. The lowest BCUT2D eigenvalue weighted by Crippen LogP contribution is -2.39. The zero-order valence-corrected chi connectivity index (χ0v) is 17.6. The molecule has 0 spiro atoms. The van der Waals surface area contributed by atoms with Crippen LogP contribution in [-0.2, 0) is 9.59 Å². The van der Waals surface area contributed by atoms with Crippen LogP contribution in [0.25, 0.3) is 21.6 Å². The van der Waals surface area contributed by atoms with E-state index in [-0.39, 0.29) is 11.4 Å². The van der Waals surface area contributed by atoms with Gasteiger partial charge < -0.3 is 14.2 Å². The molecular formula is C20H20N4O5S. The molecule has 0 unspecified atom stereocenters. The van der Waals surface area contributed by atoms with E-state index in [2.05, 4.69) is 9.97 Å². The molecule has 0 aliphatic carbocycles. The number of aldehydes is 1. The van der Waals surface area contributed by atoms with Gasteiger partial charge in [0.15, 0.2) is 23.1 Å². The zero-order chi connectivity index (χ0) is 21.8. The van der Waals surface area contributed by atoms with Gasteiger partial charge in [-0.2, -0.15) is 0 Å². The molecule has 2 N–H and O–H groups in total. The van der Waals surface area contributed by atoms with Gasteiger partial charge in [0.25, 0.3) is 5.91 Å². The number of allylic oxidation sites excluding steroid dienone is 1. The summed E-state index contributed by atoms with van der Waals surface area (Å²) in [7, 11) is 4.44. The van der Waals surface area contributed by atoms with Crippen molar-refractivity contribution in [3.8, 4) is 28.0 Å². The quantitative estimate of drug-likeness (QED) is 0.201. The van der Waals surface area contributed by atoms with Gasteiger partial charge in [-0.05, 0) is 30.5 Å². The van der Waals surface area contributed by atoms with Gasteiger partial charge >= 0.3 is 0 Å². The van der Waals surface area contributed by atoms with Crippen molar-refractivity contribution in [2.45, 2.75) is 6.92 Å². The van der Waals surface area contributed by atoms with Gasteiger partial charge in [0.1, 0.15) is 11.8 Å². The number of anilines is 1. The second kappa shape index (κ2) is 8.89. The third-order valence-corrected chi connectivity index (χ3v) is 5.18. The highest BCUT2D eigenvalue weighted by Crippen LogP contribution is 2.45. The molecule has 1 aromatic carbocycles. The number of carbonyl (C=O) groups excluding carboxylic acids is 2. The molecule has 0 saturated carbocycles. The lowest BCUT2D eigenvalue weighted by molar-refractivity contribution is -0.115. The third-order valence-electron chi connectivity index (χ3n) is 4.32. The maximum absolute atomic E-state index is 12.7. The maximum atomic E-state index is 12.7. The molecule has 0 saturated heterocycles. The second-order valence-electron chi connectivity index (χ2n) is 6.05. The fourth-order valence-corrected chi connectivity index (χ4v) is 3.53. The number of carbonyl (C=O) groups is 2. The Kier molecular flexibility index (Phi) is 6.28. The summed E-state index contributed by atoms with van der Waals surface area (Å²) in [5.41, 5.74) is 0.549. The van der Waals surface area contributed by atoms with Crippen LogP contribution in [0.2, 0.25) is 0 Å².